The number of hydrogen-bond donors (Lipinski definition) is 1. The van der Waals surface area contributed by atoms with Gasteiger partial charge < -0.3 is 15.5 Å². The van der Waals surface area contributed by atoms with Crippen LogP contribution >= 0.6 is 0 Å². The zero-order valence-electron chi connectivity index (χ0n) is 13.2. The van der Waals surface area contributed by atoms with Crippen LogP contribution in [-0.4, -0.2) is 39.1 Å². The van der Waals surface area contributed by atoms with Crippen LogP contribution in [0, 0.1) is 0 Å². The number of hydrogen-bond acceptors (Lipinski definition) is 3. The average molecular weight is 263 g/mol. The Morgan fingerprint density at radius 3 is 2.21 bits per heavy atom. The molecule has 0 aliphatic rings. The zero-order valence-corrected chi connectivity index (χ0v) is 13.2. The first kappa shape index (κ1) is 15.8. The molecule has 0 aromatic heterocycles. The Kier molecular flexibility index (Phi) is 6.16. The number of benzene rings is 1. The summed E-state index contributed by atoms with van der Waals surface area (Å²) in [5.74, 6) is 0. The minimum Gasteiger partial charge on any atom is -0.397 e. The largest absolute Gasteiger partial charge is 0.397 e. The van der Waals surface area contributed by atoms with Gasteiger partial charge in [0.25, 0.3) is 0 Å². The maximum Gasteiger partial charge on any atom is 0.0600 e. The van der Waals surface area contributed by atoms with E-state index in [1.165, 1.54) is 23.2 Å². The van der Waals surface area contributed by atoms with Crippen molar-refractivity contribution in [3.8, 4) is 0 Å². The van der Waals surface area contributed by atoms with Crippen molar-refractivity contribution in [1.29, 1.82) is 0 Å². The zero-order chi connectivity index (χ0) is 14.4. The first-order chi connectivity index (χ1) is 8.99. The van der Waals surface area contributed by atoms with E-state index >= 15 is 0 Å². The van der Waals surface area contributed by atoms with E-state index in [9.17, 15) is 0 Å². The summed E-state index contributed by atoms with van der Waals surface area (Å²) in [7, 11) is 6.31. The van der Waals surface area contributed by atoms with Gasteiger partial charge in [0.05, 0.1) is 11.4 Å². The van der Waals surface area contributed by atoms with Crippen molar-refractivity contribution in [3.05, 3.63) is 23.3 Å². The van der Waals surface area contributed by atoms with Gasteiger partial charge in [-0.25, -0.2) is 0 Å². The van der Waals surface area contributed by atoms with Crippen molar-refractivity contribution in [3.63, 3.8) is 0 Å². The van der Waals surface area contributed by atoms with E-state index in [2.05, 4.69) is 56.9 Å². The second-order valence-electron chi connectivity index (χ2n) is 5.51. The summed E-state index contributed by atoms with van der Waals surface area (Å²) in [6.07, 6.45) is 3.36. The predicted molar refractivity (Wildman–Crippen MR) is 86.1 cm³/mol. The number of rotatable bonds is 7. The molecule has 0 saturated carbocycles. The van der Waals surface area contributed by atoms with E-state index in [0.29, 0.717) is 0 Å². The summed E-state index contributed by atoms with van der Waals surface area (Å²) in [4.78, 5) is 4.45. The maximum absolute atomic E-state index is 6.23. The molecule has 1 aromatic rings. The molecule has 0 spiro atoms. The molecule has 108 valence electrons. The van der Waals surface area contributed by atoms with Gasteiger partial charge in [-0.15, -0.1) is 0 Å². The topological polar surface area (TPSA) is 32.5 Å². The SMILES string of the molecule is CCCc1cc(N)c(N(C)CCN(C)C)cc1CC. The molecule has 3 nitrogen and oxygen atoms in total. The first-order valence-electron chi connectivity index (χ1n) is 7.26. The normalized spacial score (nSPS) is 11.1. The Hall–Kier alpha value is -1.22. The second kappa shape index (κ2) is 7.39. The van der Waals surface area contributed by atoms with Crippen molar-refractivity contribution in [1.82, 2.24) is 4.90 Å². The van der Waals surface area contributed by atoms with Gasteiger partial charge in [0.1, 0.15) is 0 Å². The van der Waals surface area contributed by atoms with Gasteiger partial charge in [-0.05, 0) is 50.2 Å². The van der Waals surface area contributed by atoms with Crippen molar-refractivity contribution in [2.75, 3.05) is 44.9 Å². The molecule has 0 radical (unpaired) electrons. The van der Waals surface area contributed by atoms with Crippen LogP contribution in [0.25, 0.3) is 0 Å². The van der Waals surface area contributed by atoms with E-state index in [4.69, 9.17) is 5.73 Å². The Labute approximate surface area is 118 Å². The van der Waals surface area contributed by atoms with Gasteiger partial charge in [-0.2, -0.15) is 0 Å². The first-order valence-corrected chi connectivity index (χ1v) is 7.26. The molecule has 0 heterocycles. The molecule has 1 aromatic carbocycles. The highest BCUT2D eigenvalue weighted by Gasteiger charge is 2.10. The molecule has 2 N–H and O–H groups in total. The van der Waals surface area contributed by atoms with E-state index < -0.39 is 0 Å². The second-order valence-corrected chi connectivity index (χ2v) is 5.51. The smallest absolute Gasteiger partial charge is 0.0600 e. The predicted octanol–water partition coefficient (Wildman–Crippen LogP) is 2.78. The number of nitrogens with two attached hydrogens (primary N) is 1. The lowest BCUT2D eigenvalue weighted by Gasteiger charge is -2.24. The van der Waals surface area contributed by atoms with E-state index in [1.54, 1.807) is 0 Å². The number of anilines is 2. The summed E-state index contributed by atoms with van der Waals surface area (Å²) < 4.78 is 0. The molecule has 0 saturated heterocycles. The van der Waals surface area contributed by atoms with E-state index in [0.717, 1.165) is 31.6 Å². The third-order valence-electron chi connectivity index (χ3n) is 3.54. The average Bonchev–Trinajstić information content (AvgIpc) is 2.36. The van der Waals surface area contributed by atoms with Crippen molar-refractivity contribution in [2.24, 2.45) is 0 Å². The Balaban J connectivity index is 2.94. The van der Waals surface area contributed by atoms with Crippen LogP contribution < -0.4 is 10.6 Å². The van der Waals surface area contributed by atoms with Crippen LogP contribution in [0.4, 0.5) is 11.4 Å². The minimum atomic E-state index is 0.905. The lowest BCUT2D eigenvalue weighted by Crippen LogP contribution is -2.29. The summed E-state index contributed by atoms with van der Waals surface area (Å²) in [5.41, 5.74) is 11.1. The molecule has 3 heteroatoms. The standard InChI is InChI=1S/C16H29N3/c1-6-8-14-11-15(17)16(12-13(14)7-2)19(5)10-9-18(3)4/h11-12H,6-10,17H2,1-5H3. The van der Waals surface area contributed by atoms with Crippen molar-refractivity contribution in [2.45, 2.75) is 33.1 Å². The number of nitrogens with zero attached hydrogens (tertiary/aromatic N) is 2. The molecular weight excluding hydrogens is 234 g/mol. The summed E-state index contributed by atoms with van der Waals surface area (Å²) >= 11 is 0. The van der Waals surface area contributed by atoms with Gasteiger partial charge in [0.2, 0.25) is 0 Å². The maximum atomic E-state index is 6.23. The molecule has 0 aliphatic carbocycles. The molecule has 1 rings (SSSR count). The summed E-state index contributed by atoms with van der Waals surface area (Å²) in [6, 6.07) is 4.44. The molecule has 0 bridgehead atoms. The Morgan fingerprint density at radius 1 is 1.00 bits per heavy atom. The van der Waals surface area contributed by atoms with Gasteiger partial charge in [0, 0.05) is 20.1 Å². The lowest BCUT2D eigenvalue weighted by molar-refractivity contribution is 0.416. The Bertz CT molecular complexity index is 399. The quantitative estimate of drug-likeness (QED) is 0.768. The summed E-state index contributed by atoms with van der Waals surface area (Å²) in [6.45, 7) is 6.46. The minimum absolute atomic E-state index is 0.905. The van der Waals surface area contributed by atoms with Gasteiger partial charge in [-0.1, -0.05) is 20.3 Å². The highest BCUT2D eigenvalue weighted by atomic mass is 15.2. The van der Waals surface area contributed by atoms with Crippen molar-refractivity contribution < 1.29 is 0 Å². The Morgan fingerprint density at radius 2 is 1.68 bits per heavy atom. The molecule has 0 aliphatic heterocycles. The third kappa shape index (κ3) is 4.43. The van der Waals surface area contributed by atoms with Gasteiger partial charge in [-0.3, -0.25) is 0 Å². The van der Waals surface area contributed by atoms with Crippen LogP contribution in [0.3, 0.4) is 0 Å². The van der Waals surface area contributed by atoms with Gasteiger partial charge >= 0.3 is 0 Å². The van der Waals surface area contributed by atoms with Crippen LogP contribution in [0.5, 0.6) is 0 Å². The highest BCUT2D eigenvalue weighted by molar-refractivity contribution is 5.70. The number of aryl methyl sites for hydroxylation is 2. The monoisotopic (exact) mass is 263 g/mol. The lowest BCUT2D eigenvalue weighted by atomic mass is 9.99. The van der Waals surface area contributed by atoms with E-state index in [-0.39, 0.29) is 0 Å². The number of likely N-dealkylation sites (N-methyl/N-ethyl adjacent to an activating group) is 2. The molecular formula is C16H29N3. The van der Waals surface area contributed by atoms with Crippen LogP contribution in [-0.2, 0) is 12.8 Å². The van der Waals surface area contributed by atoms with Crippen molar-refractivity contribution >= 4 is 11.4 Å². The summed E-state index contributed by atoms with van der Waals surface area (Å²) in [5, 5.41) is 0. The third-order valence-corrected chi connectivity index (χ3v) is 3.54. The molecule has 0 atom stereocenters. The van der Waals surface area contributed by atoms with Gasteiger partial charge in [0.15, 0.2) is 0 Å². The fourth-order valence-corrected chi connectivity index (χ4v) is 2.33. The van der Waals surface area contributed by atoms with E-state index in [1.807, 2.05) is 0 Å². The molecule has 19 heavy (non-hydrogen) atoms. The highest BCUT2D eigenvalue weighted by Crippen LogP contribution is 2.27. The molecule has 0 amide bonds. The fourth-order valence-electron chi connectivity index (χ4n) is 2.33. The fraction of sp³-hybridized carbons (Fsp3) is 0.625. The van der Waals surface area contributed by atoms with Crippen LogP contribution in [0.2, 0.25) is 0 Å². The number of nitrogen functional groups attached to an aromatic ring is 1. The van der Waals surface area contributed by atoms with Crippen LogP contribution in [0.1, 0.15) is 31.4 Å². The molecule has 0 unspecified atom stereocenters. The molecule has 0 fully saturated rings. The van der Waals surface area contributed by atoms with Crippen LogP contribution in [0.15, 0.2) is 12.1 Å².